The summed E-state index contributed by atoms with van der Waals surface area (Å²) in [5, 5.41) is 12.2. The molecule has 0 bridgehead atoms. The highest BCUT2D eigenvalue weighted by molar-refractivity contribution is 5.42. The molecular weight excluding hydrogens is 233 g/mol. The number of hydrogen-bond acceptors (Lipinski definition) is 4. The molecule has 18 heavy (non-hydrogen) atoms. The average Bonchev–Trinajstić information content (AvgIpc) is 2.41. The molecule has 0 aliphatic carbocycles. The minimum atomic E-state index is -0.416. The predicted molar refractivity (Wildman–Crippen MR) is 65.9 cm³/mol. The molecule has 1 aromatic rings. The number of nitriles is 1. The van der Waals surface area contributed by atoms with Crippen LogP contribution in [0.1, 0.15) is 5.56 Å². The molecule has 0 saturated carbocycles. The van der Waals surface area contributed by atoms with Crippen LogP contribution in [0.5, 0.6) is 5.75 Å². The maximum absolute atomic E-state index is 12.9. The summed E-state index contributed by atoms with van der Waals surface area (Å²) >= 11 is 0. The number of halogens is 1. The fourth-order valence-corrected chi connectivity index (χ4v) is 1.93. The highest BCUT2D eigenvalue weighted by Crippen LogP contribution is 2.18. The largest absolute Gasteiger partial charge is 0.491 e. The summed E-state index contributed by atoms with van der Waals surface area (Å²) in [6.45, 7) is 5.36. The first kappa shape index (κ1) is 12.8. The lowest BCUT2D eigenvalue weighted by atomic mass is 10.2. The molecule has 1 heterocycles. The Bertz CT molecular complexity index is 438. The zero-order valence-corrected chi connectivity index (χ0v) is 10.2. The van der Waals surface area contributed by atoms with Gasteiger partial charge in [0.05, 0.1) is 5.56 Å². The molecule has 0 radical (unpaired) electrons. The lowest BCUT2D eigenvalue weighted by Crippen LogP contribution is -2.44. The summed E-state index contributed by atoms with van der Waals surface area (Å²) in [5.74, 6) is 0.0371. The maximum Gasteiger partial charge on any atom is 0.137 e. The van der Waals surface area contributed by atoms with Crippen molar-refractivity contribution in [2.75, 3.05) is 39.3 Å². The van der Waals surface area contributed by atoms with Gasteiger partial charge in [0.2, 0.25) is 0 Å². The summed E-state index contributed by atoms with van der Waals surface area (Å²) in [4.78, 5) is 2.30. The Labute approximate surface area is 106 Å². The number of nitrogens with zero attached hydrogens (tertiary/aromatic N) is 2. The Kier molecular flexibility index (Phi) is 4.51. The summed E-state index contributed by atoms with van der Waals surface area (Å²) in [6.07, 6.45) is 0. The third-order valence-electron chi connectivity index (χ3n) is 2.94. The Morgan fingerprint density at radius 2 is 2.17 bits per heavy atom. The smallest absolute Gasteiger partial charge is 0.137 e. The SMILES string of the molecule is N#Cc1cc(F)ccc1OCCN1CCNCC1. The highest BCUT2D eigenvalue weighted by atomic mass is 19.1. The molecule has 1 aliphatic heterocycles. The van der Waals surface area contributed by atoms with Crippen molar-refractivity contribution < 1.29 is 9.13 Å². The van der Waals surface area contributed by atoms with Crippen LogP contribution in [0.25, 0.3) is 0 Å². The van der Waals surface area contributed by atoms with Crippen LogP contribution in [0, 0.1) is 17.1 Å². The first-order valence-electron chi connectivity index (χ1n) is 6.05. The van der Waals surface area contributed by atoms with Crippen molar-refractivity contribution in [3.05, 3.63) is 29.6 Å². The van der Waals surface area contributed by atoms with E-state index in [1.807, 2.05) is 6.07 Å². The van der Waals surface area contributed by atoms with Crippen LogP contribution in [-0.2, 0) is 0 Å². The van der Waals surface area contributed by atoms with Crippen LogP contribution in [0.15, 0.2) is 18.2 Å². The molecule has 1 saturated heterocycles. The topological polar surface area (TPSA) is 48.3 Å². The minimum Gasteiger partial charge on any atom is -0.491 e. The minimum absolute atomic E-state index is 0.246. The van der Waals surface area contributed by atoms with Crippen LogP contribution in [0.4, 0.5) is 4.39 Å². The molecule has 5 heteroatoms. The summed E-state index contributed by atoms with van der Waals surface area (Å²) in [7, 11) is 0. The Morgan fingerprint density at radius 3 is 2.89 bits per heavy atom. The highest BCUT2D eigenvalue weighted by Gasteiger charge is 2.10. The number of rotatable bonds is 4. The van der Waals surface area contributed by atoms with Gasteiger partial charge in [-0.1, -0.05) is 0 Å². The van der Waals surface area contributed by atoms with Gasteiger partial charge in [-0.3, -0.25) is 4.90 Å². The van der Waals surface area contributed by atoms with E-state index < -0.39 is 5.82 Å². The van der Waals surface area contributed by atoms with Gasteiger partial charge in [-0.2, -0.15) is 5.26 Å². The molecule has 4 nitrogen and oxygen atoms in total. The van der Waals surface area contributed by atoms with Crippen molar-refractivity contribution in [1.82, 2.24) is 10.2 Å². The number of hydrogen-bond donors (Lipinski definition) is 1. The van der Waals surface area contributed by atoms with E-state index in [2.05, 4.69) is 10.2 Å². The average molecular weight is 249 g/mol. The van der Waals surface area contributed by atoms with Crippen molar-refractivity contribution in [3.63, 3.8) is 0 Å². The van der Waals surface area contributed by atoms with E-state index in [9.17, 15) is 4.39 Å². The summed E-state index contributed by atoms with van der Waals surface area (Å²) in [6, 6.07) is 5.94. The van der Waals surface area contributed by atoms with Crippen LogP contribution in [0.2, 0.25) is 0 Å². The zero-order valence-electron chi connectivity index (χ0n) is 10.2. The standard InChI is InChI=1S/C13H16FN3O/c14-12-1-2-13(11(9-12)10-15)18-8-7-17-5-3-16-4-6-17/h1-2,9,16H,3-8H2. The molecule has 0 aromatic heterocycles. The summed E-state index contributed by atoms with van der Waals surface area (Å²) < 4.78 is 18.5. The fraction of sp³-hybridized carbons (Fsp3) is 0.462. The molecule has 1 aromatic carbocycles. The molecule has 1 fully saturated rings. The van der Waals surface area contributed by atoms with Crippen molar-refractivity contribution in [3.8, 4) is 11.8 Å². The van der Waals surface area contributed by atoms with E-state index in [0.29, 0.717) is 12.4 Å². The van der Waals surface area contributed by atoms with Gasteiger partial charge in [0.1, 0.15) is 24.2 Å². The van der Waals surface area contributed by atoms with Crippen molar-refractivity contribution in [2.24, 2.45) is 0 Å². The predicted octanol–water partition coefficient (Wildman–Crippen LogP) is 0.981. The van der Waals surface area contributed by atoms with Crippen molar-refractivity contribution in [1.29, 1.82) is 5.26 Å². The normalized spacial score (nSPS) is 16.2. The molecular formula is C13H16FN3O. The molecule has 1 aliphatic rings. The Hall–Kier alpha value is -1.64. The second-order valence-electron chi connectivity index (χ2n) is 4.19. The van der Waals surface area contributed by atoms with Crippen LogP contribution in [-0.4, -0.2) is 44.2 Å². The van der Waals surface area contributed by atoms with Gasteiger partial charge in [-0.25, -0.2) is 4.39 Å². The van der Waals surface area contributed by atoms with E-state index >= 15 is 0 Å². The van der Waals surface area contributed by atoms with E-state index in [0.717, 1.165) is 32.7 Å². The maximum atomic E-state index is 12.9. The monoisotopic (exact) mass is 249 g/mol. The second-order valence-corrected chi connectivity index (χ2v) is 4.19. The van der Waals surface area contributed by atoms with Crippen LogP contribution in [0.3, 0.4) is 0 Å². The van der Waals surface area contributed by atoms with E-state index in [1.165, 1.54) is 18.2 Å². The number of ether oxygens (including phenoxy) is 1. The van der Waals surface area contributed by atoms with Crippen molar-refractivity contribution >= 4 is 0 Å². The third-order valence-corrected chi connectivity index (χ3v) is 2.94. The molecule has 0 spiro atoms. The first-order chi connectivity index (χ1) is 8.79. The molecule has 2 rings (SSSR count). The number of nitrogens with one attached hydrogen (secondary N) is 1. The van der Waals surface area contributed by atoms with Gasteiger partial charge < -0.3 is 10.1 Å². The second kappa shape index (κ2) is 6.34. The molecule has 0 unspecified atom stereocenters. The fourth-order valence-electron chi connectivity index (χ4n) is 1.93. The van der Waals surface area contributed by atoms with E-state index in [1.54, 1.807) is 0 Å². The lowest BCUT2D eigenvalue weighted by Gasteiger charge is -2.26. The van der Waals surface area contributed by atoms with Gasteiger partial charge in [0.15, 0.2) is 0 Å². The third kappa shape index (κ3) is 3.42. The number of benzene rings is 1. The van der Waals surface area contributed by atoms with Gasteiger partial charge in [0.25, 0.3) is 0 Å². The summed E-state index contributed by atoms with van der Waals surface area (Å²) in [5.41, 5.74) is 0.246. The van der Waals surface area contributed by atoms with Gasteiger partial charge in [-0.05, 0) is 18.2 Å². The lowest BCUT2D eigenvalue weighted by molar-refractivity contribution is 0.191. The van der Waals surface area contributed by atoms with E-state index in [4.69, 9.17) is 10.00 Å². The Morgan fingerprint density at radius 1 is 1.39 bits per heavy atom. The van der Waals surface area contributed by atoms with Crippen LogP contribution >= 0.6 is 0 Å². The quantitative estimate of drug-likeness (QED) is 0.864. The van der Waals surface area contributed by atoms with Gasteiger partial charge in [-0.15, -0.1) is 0 Å². The molecule has 0 atom stereocenters. The van der Waals surface area contributed by atoms with Gasteiger partial charge in [0, 0.05) is 32.7 Å². The molecule has 0 amide bonds. The molecule has 1 N–H and O–H groups in total. The Balaban J connectivity index is 1.84. The first-order valence-corrected chi connectivity index (χ1v) is 6.05. The molecule has 96 valence electrons. The zero-order chi connectivity index (χ0) is 12.8. The van der Waals surface area contributed by atoms with Gasteiger partial charge >= 0.3 is 0 Å². The van der Waals surface area contributed by atoms with E-state index in [-0.39, 0.29) is 5.56 Å². The number of piperazine rings is 1. The van der Waals surface area contributed by atoms with Crippen molar-refractivity contribution in [2.45, 2.75) is 0 Å². The van der Waals surface area contributed by atoms with Crippen LogP contribution < -0.4 is 10.1 Å².